The number of unbranched alkanes of at least 4 members (excludes halogenated alkanes) is 1. The summed E-state index contributed by atoms with van der Waals surface area (Å²) in [5.74, 6) is 0.335. The summed E-state index contributed by atoms with van der Waals surface area (Å²) in [5.41, 5.74) is 1.48. The van der Waals surface area contributed by atoms with Gasteiger partial charge in [-0.25, -0.2) is 4.79 Å². The van der Waals surface area contributed by atoms with E-state index in [2.05, 4.69) is 6.92 Å². The molecule has 1 rings (SSSR count). The third-order valence-electron chi connectivity index (χ3n) is 2.45. The van der Waals surface area contributed by atoms with Crippen LogP contribution in [0.3, 0.4) is 0 Å². The highest BCUT2D eigenvalue weighted by Gasteiger charge is 2.15. The van der Waals surface area contributed by atoms with Crippen molar-refractivity contribution in [2.24, 2.45) is 0 Å². The first-order chi connectivity index (χ1) is 8.20. The molecule has 3 heteroatoms. The third kappa shape index (κ3) is 3.77. The van der Waals surface area contributed by atoms with Gasteiger partial charge in [-0.2, -0.15) is 0 Å². The first-order valence-electron chi connectivity index (χ1n) is 6.10. The predicted octanol–water partition coefficient (Wildman–Crippen LogP) is 3.35. The molecule has 0 amide bonds. The molecule has 0 aliphatic carbocycles. The smallest absolute Gasteiger partial charge is 0.341 e. The average Bonchev–Trinajstić information content (AvgIpc) is 2.31. The normalized spacial score (nSPS) is 10.1. The van der Waals surface area contributed by atoms with Gasteiger partial charge in [0.15, 0.2) is 0 Å². The number of para-hydroxylation sites is 1. The minimum Gasteiger partial charge on any atom is -0.492 e. The topological polar surface area (TPSA) is 35.5 Å². The number of benzene rings is 1. The highest BCUT2D eigenvalue weighted by molar-refractivity contribution is 5.93. The standard InChI is InChI=1S/C14H20O3/c1-4-6-10-17-13-11(3)8-7-9-12(13)14(15)16-5-2/h7-9H,4-6,10H2,1-3H3. The van der Waals surface area contributed by atoms with Crippen LogP contribution >= 0.6 is 0 Å². The summed E-state index contributed by atoms with van der Waals surface area (Å²) in [6, 6.07) is 5.52. The second-order valence-electron chi connectivity index (χ2n) is 3.87. The average molecular weight is 236 g/mol. The number of aryl methyl sites for hydroxylation is 1. The molecule has 0 bridgehead atoms. The zero-order valence-corrected chi connectivity index (χ0v) is 10.8. The molecule has 0 saturated heterocycles. The molecule has 0 spiro atoms. The van der Waals surface area contributed by atoms with Crippen LogP contribution in [0.4, 0.5) is 0 Å². The molecule has 0 fully saturated rings. The molecule has 1 aromatic rings. The molecule has 0 saturated carbocycles. The van der Waals surface area contributed by atoms with E-state index in [1.54, 1.807) is 13.0 Å². The Morgan fingerprint density at radius 2 is 2.06 bits per heavy atom. The number of hydrogen-bond acceptors (Lipinski definition) is 3. The summed E-state index contributed by atoms with van der Waals surface area (Å²) in [7, 11) is 0. The number of hydrogen-bond donors (Lipinski definition) is 0. The van der Waals surface area contributed by atoms with Crippen LogP contribution in [-0.2, 0) is 4.74 Å². The zero-order chi connectivity index (χ0) is 12.7. The molecule has 0 heterocycles. The molecule has 1 aromatic carbocycles. The summed E-state index contributed by atoms with van der Waals surface area (Å²) in [4.78, 5) is 11.7. The van der Waals surface area contributed by atoms with E-state index in [0.717, 1.165) is 18.4 Å². The van der Waals surface area contributed by atoms with E-state index >= 15 is 0 Å². The molecule has 0 aliphatic rings. The van der Waals surface area contributed by atoms with Crippen LogP contribution in [0.1, 0.15) is 42.6 Å². The fraction of sp³-hybridized carbons (Fsp3) is 0.500. The van der Waals surface area contributed by atoms with E-state index in [9.17, 15) is 4.79 Å². The van der Waals surface area contributed by atoms with Gasteiger partial charge in [-0.1, -0.05) is 25.5 Å². The predicted molar refractivity (Wildman–Crippen MR) is 67.5 cm³/mol. The zero-order valence-electron chi connectivity index (χ0n) is 10.8. The van der Waals surface area contributed by atoms with Crippen LogP contribution in [-0.4, -0.2) is 19.2 Å². The van der Waals surface area contributed by atoms with Crippen molar-refractivity contribution in [3.63, 3.8) is 0 Å². The lowest BCUT2D eigenvalue weighted by Gasteiger charge is -2.12. The summed E-state index contributed by atoms with van der Waals surface area (Å²) in [6.07, 6.45) is 2.05. The van der Waals surface area contributed by atoms with Gasteiger partial charge in [0.25, 0.3) is 0 Å². The van der Waals surface area contributed by atoms with Gasteiger partial charge in [-0.3, -0.25) is 0 Å². The van der Waals surface area contributed by atoms with E-state index in [1.165, 1.54) is 0 Å². The third-order valence-corrected chi connectivity index (χ3v) is 2.45. The van der Waals surface area contributed by atoms with Crippen LogP contribution in [0.2, 0.25) is 0 Å². The molecule has 0 radical (unpaired) electrons. The number of esters is 1. The Morgan fingerprint density at radius 1 is 1.29 bits per heavy atom. The quantitative estimate of drug-likeness (QED) is 0.561. The van der Waals surface area contributed by atoms with Crippen molar-refractivity contribution in [1.82, 2.24) is 0 Å². The Balaban J connectivity index is 2.87. The van der Waals surface area contributed by atoms with Crippen LogP contribution in [0, 0.1) is 6.92 Å². The maximum absolute atomic E-state index is 11.7. The summed E-state index contributed by atoms with van der Waals surface area (Å²) < 4.78 is 10.7. The maximum Gasteiger partial charge on any atom is 0.341 e. The van der Waals surface area contributed by atoms with Crippen molar-refractivity contribution in [3.8, 4) is 5.75 Å². The molecule has 94 valence electrons. The van der Waals surface area contributed by atoms with Gasteiger partial charge in [-0.05, 0) is 31.9 Å². The van der Waals surface area contributed by atoms with Gasteiger partial charge in [0.1, 0.15) is 11.3 Å². The minimum absolute atomic E-state index is 0.317. The SMILES string of the molecule is CCCCOc1c(C)cccc1C(=O)OCC. The highest BCUT2D eigenvalue weighted by atomic mass is 16.5. The van der Waals surface area contributed by atoms with Crippen molar-refractivity contribution >= 4 is 5.97 Å². The summed E-state index contributed by atoms with van der Waals surface area (Å²) in [6.45, 7) is 6.84. The molecular formula is C14H20O3. The van der Waals surface area contributed by atoms with Crippen molar-refractivity contribution in [1.29, 1.82) is 0 Å². The second kappa shape index (κ2) is 6.94. The van der Waals surface area contributed by atoms with Gasteiger partial charge >= 0.3 is 5.97 Å². The fourth-order valence-corrected chi connectivity index (χ4v) is 1.53. The number of ether oxygens (including phenoxy) is 2. The van der Waals surface area contributed by atoms with E-state index in [-0.39, 0.29) is 5.97 Å². The van der Waals surface area contributed by atoms with Gasteiger partial charge in [0.05, 0.1) is 13.2 Å². The molecule has 0 unspecified atom stereocenters. The molecule has 0 atom stereocenters. The van der Waals surface area contributed by atoms with Crippen LogP contribution in [0.25, 0.3) is 0 Å². The maximum atomic E-state index is 11.7. The lowest BCUT2D eigenvalue weighted by atomic mass is 10.1. The number of rotatable bonds is 6. The minimum atomic E-state index is -0.317. The van der Waals surface area contributed by atoms with Crippen molar-refractivity contribution in [2.75, 3.05) is 13.2 Å². The molecular weight excluding hydrogens is 216 g/mol. The number of carbonyl (C=O) groups excluding carboxylic acids is 1. The first-order valence-corrected chi connectivity index (χ1v) is 6.10. The van der Waals surface area contributed by atoms with E-state index in [0.29, 0.717) is 24.5 Å². The van der Waals surface area contributed by atoms with Gasteiger partial charge in [0.2, 0.25) is 0 Å². The van der Waals surface area contributed by atoms with E-state index in [1.807, 2.05) is 19.1 Å². The summed E-state index contributed by atoms with van der Waals surface area (Å²) >= 11 is 0. The second-order valence-corrected chi connectivity index (χ2v) is 3.87. The largest absolute Gasteiger partial charge is 0.492 e. The molecule has 17 heavy (non-hydrogen) atoms. The van der Waals surface area contributed by atoms with Gasteiger partial charge in [0, 0.05) is 0 Å². The van der Waals surface area contributed by atoms with Crippen molar-refractivity contribution < 1.29 is 14.3 Å². The monoisotopic (exact) mass is 236 g/mol. The Hall–Kier alpha value is -1.51. The van der Waals surface area contributed by atoms with Gasteiger partial charge in [-0.15, -0.1) is 0 Å². The van der Waals surface area contributed by atoms with Crippen LogP contribution in [0.15, 0.2) is 18.2 Å². The van der Waals surface area contributed by atoms with Crippen LogP contribution < -0.4 is 4.74 Å². The van der Waals surface area contributed by atoms with Crippen LogP contribution in [0.5, 0.6) is 5.75 Å². The molecule has 0 N–H and O–H groups in total. The lowest BCUT2D eigenvalue weighted by molar-refractivity contribution is 0.0521. The molecule has 0 aromatic heterocycles. The summed E-state index contributed by atoms with van der Waals surface area (Å²) in [5, 5.41) is 0. The molecule has 3 nitrogen and oxygen atoms in total. The van der Waals surface area contributed by atoms with E-state index < -0.39 is 0 Å². The van der Waals surface area contributed by atoms with Gasteiger partial charge < -0.3 is 9.47 Å². The fourth-order valence-electron chi connectivity index (χ4n) is 1.53. The Morgan fingerprint density at radius 3 is 2.71 bits per heavy atom. The van der Waals surface area contributed by atoms with Crippen molar-refractivity contribution in [3.05, 3.63) is 29.3 Å². The highest BCUT2D eigenvalue weighted by Crippen LogP contribution is 2.24. The number of carbonyl (C=O) groups is 1. The molecule has 0 aliphatic heterocycles. The Bertz CT molecular complexity index is 372. The van der Waals surface area contributed by atoms with Crippen molar-refractivity contribution in [2.45, 2.75) is 33.6 Å². The Labute approximate surface area is 103 Å². The Kier molecular flexibility index (Phi) is 5.53. The lowest BCUT2D eigenvalue weighted by Crippen LogP contribution is -2.09. The first kappa shape index (κ1) is 13.6. The van der Waals surface area contributed by atoms with E-state index in [4.69, 9.17) is 9.47 Å².